The molecule has 39 heavy (non-hydrogen) atoms. The summed E-state index contributed by atoms with van der Waals surface area (Å²) < 4.78 is 22.1. The van der Waals surface area contributed by atoms with Crippen molar-refractivity contribution in [3.8, 4) is 0 Å². The van der Waals surface area contributed by atoms with E-state index in [0.717, 1.165) is 18.4 Å². The highest BCUT2D eigenvalue weighted by Gasteiger charge is 2.34. The van der Waals surface area contributed by atoms with Crippen LogP contribution in [0.5, 0.6) is 0 Å². The first-order valence-corrected chi connectivity index (χ1v) is 13.9. The van der Waals surface area contributed by atoms with Gasteiger partial charge in [-0.3, -0.25) is 14.4 Å². The van der Waals surface area contributed by atoms with Gasteiger partial charge in [-0.25, -0.2) is 0 Å². The minimum Gasteiger partial charge on any atom is -0.469 e. The van der Waals surface area contributed by atoms with Crippen molar-refractivity contribution in [1.82, 2.24) is 5.32 Å². The molecule has 9 heteroatoms. The molecule has 0 aromatic heterocycles. The van der Waals surface area contributed by atoms with Crippen LogP contribution in [0.1, 0.15) is 73.6 Å². The van der Waals surface area contributed by atoms with Crippen LogP contribution in [0.25, 0.3) is 0 Å². The summed E-state index contributed by atoms with van der Waals surface area (Å²) in [5, 5.41) is 13.1. The summed E-state index contributed by atoms with van der Waals surface area (Å²) in [6, 6.07) is -0.106. The molecule has 2 N–H and O–H groups in total. The fraction of sp³-hybridized carbons (Fsp3) is 0.700. The zero-order chi connectivity index (χ0) is 29.1. The van der Waals surface area contributed by atoms with Gasteiger partial charge in [0.15, 0.2) is 0 Å². The van der Waals surface area contributed by atoms with Gasteiger partial charge in [-0.1, -0.05) is 30.7 Å². The van der Waals surface area contributed by atoms with Gasteiger partial charge >= 0.3 is 11.9 Å². The lowest BCUT2D eigenvalue weighted by Gasteiger charge is -2.39. The molecule has 2 aliphatic heterocycles. The topological polar surface area (TPSA) is 120 Å². The fourth-order valence-electron chi connectivity index (χ4n) is 5.11. The van der Waals surface area contributed by atoms with Gasteiger partial charge < -0.3 is 29.4 Å². The third kappa shape index (κ3) is 11.6. The Kier molecular flexibility index (Phi) is 13.4. The van der Waals surface area contributed by atoms with Crippen LogP contribution in [0.2, 0.25) is 0 Å². The Morgan fingerprint density at radius 3 is 2.44 bits per heavy atom. The number of carbonyl (C=O) groups excluding carboxylic acids is 3. The number of methoxy groups -OCH3 is 1. The summed E-state index contributed by atoms with van der Waals surface area (Å²) in [6.45, 7) is 10.9. The van der Waals surface area contributed by atoms with Gasteiger partial charge in [0.1, 0.15) is 6.10 Å². The van der Waals surface area contributed by atoms with E-state index in [9.17, 15) is 19.5 Å². The number of rotatable bonds is 11. The van der Waals surface area contributed by atoms with Crippen LogP contribution in [0.15, 0.2) is 36.0 Å². The molecule has 2 saturated heterocycles. The van der Waals surface area contributed by atoms with Gasteiger partial charge in [-0.15, -0.1) is 0 Å². The minimum absolute atomic E-state index is 0.0334. The van der Waals surface area contributed by atoms with Crippen molar-refractivity contribution in [1.29, 1.82) is 0 Å². The summed E-state index contributed by atoms with van der Waals surface area (Å²) in [4.78, 5) is 35.1. The van der Waals surface area contributed by atoms with Crippen LogP contribution < -0.4 is 5.32 Å². The van der Waals surface area contributed by atoms with Gasteiger partial charge in [0, 0.05) is 13.0 Å². The number of ether oxygens (including phenoxy) is 4. The molecule has 220 valence electrons. The largest absolute Gasteiger partial charge is 0.469 e. The number of allylic oxidation sites excluding steroid dienone is 2. The van der Waals surface area contributed by atoms with E-state index in [-0.39, 0.29) is 60.6 Å². The lowest BCUT2D eigenvalue weighted by molar-refractivity contribution is -0.148. The number of hydrogen-bond donors (Lipinski definition) is 2. The number of aliphatic hydroxyl groups excluding tert-OH is 1. The summed E-state index contributed by atoms with van der Waals surface area (Å²) in [7, 11) is 1.37. The Hall–Kier alpha value is -2.49. The van der Waals surface area contributed by atoms with Crippen molar-refractivity contribution in [3.63, 3.8) is 0 Å². The molecule has 0 aliphatic carbocycles. The molecule has 0 radical (unpaired) electrons. The van der Waals surface area contributed by atoms with Crippen molar-refractivity contribution in [2.24, 2.45) is 11.8 Å². The lowest BCUT2D eigenvalue weighted by atomic mass is 9.86. The molecule has 0 aromatic carbocycles. The van der Waals surface area contributed by atoms with Gasteiger partial charge in [0.2, 0.25) is 5.91 Å². The first-order valence-electron chi connectivity index (χ1n) is 13.9. The van der Waals surface area contributed by atoms with Crippen molar-refractivity contribution in [2.75, 3.05) is 7.11 Å². The molecule has 0 bridgehead atoms. The van der Waals surface area contributed by atoms with Crippen molar-refractivity contribution in [2.45, 2.75) is 116 Å². The molecule has 0 aromatic rings. The number of nitrogens with one attached hydrogen (secondary N) is 1. The highest BCUT2D eigenvalue weighted by molar-refractivity contribution is 5.87. The average Bonchev–Trinajstić information content (AvgIpc) is 2.86. The molecule has 2 heterocycles. The van der Waals surface area contributed by atoms with E-state index in [2.05, 4.69) is 18.3 Å². The maximum atomic E-state index is 12.3. The van der Waals surface area contributed by atoms with Crippen molar-refractivity contribution in [3.05, 3.63) is 36.0 Å². The molecule has 1 amide bonds. The Morgan fingerprint density at radius 2 is 1.79 bits per heavy atom. The monoisotopic (exact) mass is 549 g/mol. The van der Waals surface area contributed by atoms with E-state index in [1.165, 1.54) is 20.1 Å². The average molecular weight is 550 g/mol. The molecule has 0 saturated carbocycles. The molecule has 9 nitrogen and oxygen atoms in total. The first kappa shape index (κ1) is 32.7. The molecular formula is C30H47NO8. The molecular weight excluding hydrogens is 502 g/mol. The summed E-state index contributed by atoms with van der Waals surface area (Å²) >= 11 is 0. The maximum Gasteiger partial charge on any atom is 0.308 e. The van der Waals surface area contributed by atoms with Crippen LogP contribution in [0.3, 0.4) is 0 Å². The normalized spacial score (nSPS) is 31.6. The van der Waals surface area contributed by atoms with E-state index >= 15 is 0 Å². The van der Waals surface area contributed by atoms with Crippen LogP contribution in [-0.4, -0.2) is 72.7 Å². The number of carbonyl (C=O) groups is 3. The molecule has 9 atom stereocenters. The van der Waals surface area contributed by atoms with Crippen molar-refractivity contribution >= 4 is 17.8 Å². The van der Waals surface area contributed by atoms with Crippen LogP contribution in [-0.2, 0) is 33.3 Å². The number of hydrogen-bond acceptors (Lipinski definition) is 8. The highest BCUT2D eigenvalue weighted by Crippen LogP contribution is 2.31. The second-order valence-corrected chi connectivity index (χ2v) is 11.0. The highest BCUT2D eigenvalue weighted by atomic mass is 16.5. The van der Waals surface area contributed by atoms with E-state index in [1.54, 1.807) is 19.9 Å². The van der Waals surface area contributed by atoms with Gasteiger partial charge in [0.25, 0.3) is 0 Å². The van der Waals surface area contributed by atoms with Crippen molar-refractivity contribution < 1.29 is 38.4 Å². The van der Waals surface area contributed by atoms with E-state index in [1.807, 2.05) is 26.0 Å². The van der Waals surface area contributed by atoms with Crippen LogP contribution in [0, 0.1) is 11.8 Å². The van der Waals surface area contributed by atoms with E-state index in [0.29, 0.717) is 12.8 Å². The predicted molar refractivity (Wildman–Crippen MR) is 148 cm³/mol. The molecule has 2 fully saturated rings. The number of esters is 2. The summed E-state index contributed by atoms with van der Waals surface area (Å²) in [6.07, 6.45) is 10.7. The molecule has 2 aliphatic rings. The third-order valence-electron chi connectivity index (χ3n) is 7.43. The minimum atomic E-state index is -0.470. The lowest BCUT2D eigenvalue weighted by Crippen LogP contribution is -2.50. The Bertz CT molecular complexity index is 911. The third-order valence-corrected chi connectivity index (χ3v) is 7.43. The number of aliphatic hydroxyl groups is 1. The van der Waals surface area contributed by atoms with E-state index in [4.69, 9.17) is 18.9 Å². The Labute approximate surface area is 233 Å². The summed E-state index contributed by atoms with van der Waals surface area (Å²) in [5.41, 5.74) is 1.08. The predicted octanol–water partition coefficient (Wildman–Crippen LogP) is 3.79. The van der Waals surface area contributed by atoms with Crippen LogP contribution >= 0.6 is 0 Å². The van der Waals surface area contributed by atoms with Crippen LogP contribution in [0.4, 0.5) is 0 Å². The summed E-state index contributed by atoms with van der Waals surface area (Å²) in [5.74, 6) is -0.633. The molecule has 2 rings (SSSR count). The maximum absolute atomic E-state index is 12.3. The Balaban J connectivity index is 1.88. The second kappa shape index (κ2) is 15.9. The molecule has 0 spiro atoms. The van der Waals surface area contributed by atoms with Gasteiger partial charge in [-0.05, 0) is 71.3 Å². The quantitative estimate of drug-likeness (QED) is 0.227. The zero-order valence-corrected chi connectivity index (χ0v) is 24.4. The zero-order valence-electron chi connectivity index (χ0n) is 24.4. The molecule has 0 unspecified atom stereocenters. The van der Waals surface area contributed by atoms with Gasteiger partial charge in [0.05, 0.1) is 50.1 Å². The standard InChI is InChI=1S/C30H47NO8/c1-18(8-11-25-15-24(21(4)32)16-26(39-25)17-30(35)36-7)9-12-28-19(2)14-27(22(5)38-28)31-29(34)13-10-20(3)37-23(6)33/h8-11,13,19-22,24-28,32H,12,14-17H2,1-7H3,(H,31,34)/b11-8+,13-10-,18-9+/t19-,20-,21+,22+,24-,25+,26-,27+,28-/m0/s1. The second-order valence-electron chi connectivity index (χ2n) is 11.0. The SMILES string of the molecule is COC(=O)C[C@@H]1C[C@@H]([C@@H](C)O)C[C@@H](/C=C/C(C)=C/C[C@@H]2O[C@H](C)[C@H](NC(=O)/C=C\[C@H](C)OC(C)=O)C[C@@H]2C)O1. The first-order chi connectivity index (χ1) is 18.4. The van der Waals surface area contributed by atoms with Gasteiger partial charge in [-0.2, -0.15) is 0 Å². The fourth-order valence-corrected chi connectivity index (χ4v) is 5.11. The Morgan fingerprint density at radius 1 is 1.08 bits per heavy atom. The van der Waals surface area contributed by atoms with E-state index < -0.39 is 18.2 Å². The smallest absolute Gasteiger partial charge is 0.308 e. The number of amides is 1.